The topological polar surface area (TPSA) is 80.4 Å². The molecule has 0 aliphatic heterocycles. The van der Waals surface area contributed by atoms with E-state index in [1.54, 1.807) is 20.3 Å². The van der Waals surface area contributed by atoms with Crippen molar-refractivity contribution in [1.29, 1.82) is 0 Å². The summed E-state index contributed by atoms with van der Waals surface area (Å²) >= 11 is 5.79. The second-order valence-electron chi connectivity index (χ2n) is 7.38. The highest BCUT2D eigenvalue weighted by molar-refractivity contribution is 7.89. The molecule has 9 heteroatoms. The normalized spacial score (nSPS) is 12.6. The van der Waals surface area contributed by atoms with Crippen molar-refractivity contribution in [1.82, 2.24) is 9.71 Å². The lowest BCUT2D eigenvalue weighted by atomic mass is 9.91. The monoisotopic (exact) mass is 488 g/mol. The highest BCUT2D eigenvalue weighted by Gasteiger charge is 2.23. The fourth-order valence-corrected chi connectivity index (χ4v) is 5.10. The summed E-state index contributed by atoms with van der Waals surface area (Å²) in [7, 11) is -0.846. The Hall–Kier alpha value is -3.07. The molecule has 0 saturated heterocycles. The summed E-state index contributed by atoms with van der Waals surface area (Å²) in [6.07, 6.45) is 1.87. The van der Waals surface area contributed by atoms with E-state index < -0.39 is 15.8 Å². The number of nitrogens with one attached hydrogen (secondary N) is 2. The number of rotatable bonds is 8. The zero-order valence-electron chi connectivity index (χ0n) is 17.9. The van der Waals surface area contributed by atoms with E-state index in [1.165, 1.54) is 6.07 Å². The molecule has 4 aromatic rings. The standard InChI is InChI=1S/C24H22ClFN2O4S/c1-31-23-10-7-15(11-24(23)32-2)18(19-13-27-22-6-4-3-5-17(19)22)14-28-33(29,30)16-8-9-21(26)20(25)12-16/h3-13,18,27-28H,14H2,1-2H3/t18-/m0/s1. The molecule has 0 amide bonds. The van der Waals surface area contributed by atoms with Crippen LogP contribution in [0.1, 0.15) is 17.0 Å². The smallest absolute Gasteiger partial charge is 0.240 e. The van der Waals surface area contributed by atoms with Crippen LogP contribution in [-0.4, -0.2) is 34.2 Å². The van der Waals surface area contributed by atoms with Gasteiger partial charge in [-0.1, -0.05) is 35.9 Å². The number of ether oxygens (including phenoxy) is 2. The molecule has 0 radical (unpaired) electrons. The van der Waals surface area contributed by atoms with E-state index in [2.05, 4.69) is 9.71 Å². The van der Waals surface area contributed by atoms with Crippen molar-refractivity contribution in [2.45, 2.75) is 10.8 Å². The van der Waals surface area contributed by atoms with E-state index in [0.717, 1.165) is 34.2 Å². The van der Waals surface area contributed by atoms with Crippen LogP contribution >= 0.6 is 11.6 Å². The van der Waals surface area contributed by atoms with Crippen molar-refractivity contribution in [3.05, 3.63) is 88.8 Å². The summed E-state index contributed by atoms with van der Waals surface area (Å²) in [5.74, 6) is 0.0674. The number of H-pyrrole nitrogens is 1. The molecule has 0 spiro atoms. The number of methoxy groups -OCH3 is 2. The fraction of sp³-hybridized carbons (Fsp3) is 0.167. The van der Waals surface area contributed by atoms with Crippen molar-refractivity contribution in [2.24, 2.45) is 0 Å². The second kappa shape index (κ2) is 9.43. The minimum absolute atomic E-state index is 0.0503. The highest BCUT2D eigenvalue weighted by atomic mass is 35.5. The molecule has 1 aromatic heterocycles. The molecule has 172 valence electrons. The molecule has 0 aliphatic carbocycles. The third-order valence-electron chi connectivity index (χ3n) is 5.49. The van der Waals surface area contributed by atoms with Crippen LogP contribution in [0.3, 0.4) is 0 Å². The number of sulfonamides is 1. The Kier molecular flexibility index (Phi) is 6.60. The number of hydrogen-bond donors (Lipinski definition) is 2. The molecule has 1 atom stereocenters. The van der Waals surface area contributed by atoms with E-state index in [1.807, 2.05) is 42.6 Å². The van der Waals surface area contributed by atoms with E-state index in [9.17, 15) is 12.8 Å². The van der Waals surface area contributed by atoms with Crippen molar-refractivity contribution in [3.8, 4) is 11.5 Å². The number of aromatic amines is 1. The minimum atomic E-state index is -3.94. The maximum Gasteiger partial charge on any atom is 0.240 e. The number of para-hydroxylation sites is 1. The first kappa shape index (κ1) is 23.1. The lowest BCUT2D eigenvalue weighted by Crippen LogP contribution is -2.29. The van der Waals surface area contributed by atoms with Gasteiger partial charge in [0, 0.05) is 29.6 Å². The zero-order chi connectivity index (χ0) is 23.6. The molecular weight excluding hydrogens is 467 g/mol. The zero-order valence-corrected chi connectivity index (χ0v) is 19.5. The Bertz CT molecular complexity index is 1400. The molecule has 0 bridgehead atoms. The van der Waals surface area contributed by atoms with Crippen LogP contribution in [0.5, 0.6) is 11.5 Å². The van der Waals surface area contributed by atoms with Gasteiger partial charge in [0.15, 0.2) is 11.5 Å². The summed E-state index contributed by atoms with van der Waals surface area (Å²) in [5, 5.41) is 0.715. The Morgan fingerprint density at radius 1 is 1.03 bits per heavy atom. The summed E-state index contributed by atoms with van der Waals surface area (Å²) in [5.41, 5.74) is 2.68. The molecule has 6 nitrogen and oxygen atoms in total. The van der Waals surface area contributed by atoms with Gasteiger partial charge in [0.05, 0.1) is 24.1 Å². The van der Waals surface area contributed by atoms with Crippen LogP contribution in [0.15, 0.2) is 71.8 Å². The number of benzene rings is 3. The first-order valence-corrected chi connectivity index (χ1v) is 11.9. The number of halogens is 2. The number of aromatic nitrogens is 1. The quantitative estimate of drug-likeness (QED) is 0.362. The highest BCUT2D eigenvalue weighted by Crippen LogP contribution is 2.36. The van der Waals surface area contributed by atoms with Gasteiger partial charge >= 0.3 is 0 Å². The first-order valence-electron chi connectivity index (χ1n) is 10.1. The molecule has 0 unspecified atom stereocenters. The van der Waals surface area contributed by atoms with Gasteiger partial charge in [-0.25, -0.2) is 17.5 Å². The van der Waals surface area contributed by atoms with Crippen LogP contribution in [0, 0.1) is 5.82 Å². The third-order valence-corrected chi connectivity index (χ3v) is 7.20. The first-order chi connectivity index (χ1) is 15.8. The van der Waals surface area contributed by atoms with Gasteiger partial charge in [0.2, 0.25) is 10.0 Å². The lowest BCUT2D eigenvalue weighted by molar-refractivity contribution is 0.354. The van der Waals surface area contributed by atoms with Crippen LogP contribution < -0.4 is 14.2 Å². The van der Waals surface area contributed by atoms with Gasteiger partial charge in [0.1, 0.15) is 5.82 Å². The van der Waals surface area contributed by atoms with Crippen LogP contribution in [0.4, 0.5) is 4.39 Å². The molecule has 2 N–H and O–H groups in total. The molecule has 4 rings (SSSR count). The van der Waals surface area contributed by atoms with Crippen molar-refractivity contribution in [2.75, 3.05) is 20.8 Å². The SMILES string of the molecule is COc1ccc([C@H](CNS(=O)(=O)c2ccc(F)c(Cl)c2)c2c[nH]c3ccccc23)cc1OC. The summed E-state index contributed by atoms with van der Waals surface area (Å²) in [4.78, 5) is 3.13. The average molecular weight is 489 g/mol. The molecule has 33 heavy (non-hydrogen) atoms. The number of fused-ring (bicyclic) bond motifs is 1. The summed E-state index contributed by atoms with van der Waals surface area (Å²) in [6.45, 7) is 0.0503. The van der Waals surface area contributed by atoms with Gasteiger partial charge in [-0.05, 0) is 47.5 Å². The van der Waals surface area contributed by atoms with E-state index in [4.69, 9.17) is 21.1 Å². The largest absolute Gasteiger partial charge is 0.493 e. The van der Waals surface area contributed by atoms with Gasteiger partial charge in [-0.15, -0.1) is 0 Å². The minimum Gasteiger partial charge on any atom is -0.493 e. The van der Waals surface area contributed by atoms with Crippen LogP contribution in [0.2, 0.25) is 5.02 Å². The molecule has 0 saturated carbocycles. The molecule has 0 aliphatic rings. The fourth-order valence-electron chi connectivity index (χ4n) is 3.78. The lowest BCUT2D eigenvalue weighted by Gasteiger charge is -2.20. The Balaban J connectivity index is 1.74. The van der Waals surface area contributed by atoms with Gasteiger partial charge in [-0.2, -0.15) is 0 Å². The second-order valence-corrected chi connectivity index (χ2v) is 9.56. The molecule has 0 fully saturated rings. The molecular formula is C24H22ClFN2O4S. The Morgan fingerprint density at radius 2 is 1.79 bits per heavy atom. The molecule has 1 heterocycles. The number of hydrogen-bond acceptors (Lipinski definition) is 4. The van der Waals surface area contributed by atoms with Gasteiger partial charge in [0.25, 0.3) is 0 Å². The average Bonchev–Trinajstić information content (AvgIpc) is 3.24. The summed E-state index contributed by atoms with van der Waals surface area (Å²) < 4.78 is 52.8. The van der Waals surface area contributed by atoms with Crippen molar-refractivity contribution in [3.63, 3.8) is 0 Å². The Morgan fingerprint density at radius 3 is 2.52 bits per heavy atom. The summed E-state index contributed by atoms with van der Waals surface area (Å²) in [6, 6.07) is 16.6. The maximum absolute atomic E-state index is 13.5. The van der Waals surface area contributed by atoms with E-state index in [0.29, 0.717) is 11.5 Å². The van der Waals surface area contributed by atoms with Gasteiger partial charge < -0.3 is 14.5 Å². The predicted molar refractivity (Wildman–Crippen MR) is 126 cm³/mol. The van der Waals surface area contributed by atoms with Crippen LogP contribution in [0.25, 0.3) is 10.9 Å². The third kappa shape index (κ3) is 4.68. The van der Waals surface area contributed by atoms with Gasteiger partial charge in [-0.3, -0.25) is 0 Å². The maximum atomic E-state index is 13.5. The van der Waals surface area contributed by atoms with Crippen LogP contribution in [-0.2, 0) is 10.0 Å². The molecule has 3 aromatic carbocycles. The van der Waals surface area contributed by atoms with Crippen molar-refractivity contribution >= 4 is 32.5 Å². The van der Waals surface area contributed by atoms with Crippen molar-refractivity contribution < 1.29 is 22.3 Å². The Labute approximate surface area is 196 Å². The predicted octanol–water partition coefficient (Wildman–Crippen LogP) is 5.09. The van der Waals surface area contributed by atoms with E-state index >= 15 is 0 Å². The van der Waals surface area contributed by atoms with E-state index in [-0.39, 0.29) is 22.4 Å².